The molecular formula is C13H7BrClFN2. The third kappa shape index (κ3) is 1.82. The summed E-state index contributed by atoms with van der Waals surface area (Å²) in [7, 11) is 0. The van der Waals surface area contributed by atoms with Gasteiger partial charge in [-0.3, -0.25) is 4.40 Å². The molecule has 2 aromatic heterocycles. The molecule has 2 nitrogen and oxygen atoms in total. The van der Waals surface area contributed by atoms with Crippen LogP contribution in [0, 0.1) is 5.82 Å². The van der Waals surface area contributed by atoms with Gasteiger partial charge in [0.2, 0.25) is 0 Å². The Morgan fingerprint density at radius 1 is 1.17 bits per heavy atom. The van der Waals surface area contributed by atoms with Crippen LogP contribution in [0.4, 0.5) is 4.39 Å². The molecule has 0 saturated heterocycles. The van der Waals surface area contributed by atoms with Crippen molar-refractivity contribution < 1.29 is 4.39 Å². The van der Waals surface area contributed by atoms with Crippen molar-refractivity contribution >= 4 is 33.0 Å². The molecular weight excluding hydrogens is 319 g/mol. The fraction of sp³-hybridized carbons (Fsp3) is 0. The zero-order chi connectivity index (χ0) is 12.7. The van der Waals surface area contributed by atoms with Crippen LogP contribution in [-0.2, 0) is 0 Å². The number of aromatic nitrogens is 2. The van der Waals surface area contributed by atoms with Gasteiger partial charge >= 0.3 is 0 Å². The highest BCUT2D eigenvalue weighted by Gasteiger charge is 2.14. The van der Waals surface area contributed by atoms with E-state index in [0.717, 1.165) is 5.52 Å². The number of pyridine rings is 1. The van der Waals surface area contributed by atoms with Gasteiger partial charge in [-0.15, -0.1) is 0 Å². The van der Waals surface area contributed by atoms with Crippen LogP contribution < -0.4 is 0 Å². The van der Waals surface area contributed by atoms with Crippen LogP contribution in [-0.4, -0.2) is 9.38 Å². The van der Waals surface area contributed by atoms with E-state index in [0.29, 0.717) is 21.0 Å². The Bertz CT molecular complexity index is 739. The van der Waals surface area contributed by atoms with E-state index in [1.54, 1.807) is 34.9 Å². The second kappa shape index (κ2) is 4.37. The first-order chi connectivity index (χ1) is 8.66. The molecule has 3 rings (SSSR count). The first kappa shape index (κ1) is 11.7. The summed E-state index contributed by atoms with van der Waals surface area (Å²) < 4.78 is 16.2. The highest BCUT2D eigenvalue weighted by atomic mass is 79.9. The van der Waals surface area contributed by atoms with E-state index in [4.69, 9.17) is 11.6 Å². The van der Waals surface area contributed by atoms with Gasteiger partial charge in [-0.25, -0.2) is 9.37 Å². The van der Waals surface area contributed by atoms with Gasteiger partial charge in [0.05, 0.1) is 16.1 Å². The van der Waals surface area contributed by atoms with Crippen LogP contribution in [0.1, 0.15) is 0 Å². The summed E-state index contributed by atoms with van der Waals surface area (Å²) >= 11 is 9.34. The standard InChI is InChI=1S/C13H7BrClFN2/c14-12-11-6-5-8(15)7-18(11)13(17-12)9-3-1-2-4-10(9)16/h1-7H. The first-order valence-electron chi connectivity index (χ1n) is 5.25. The summed E-state index contributed by atoms with van der Waals surface area (Å²) in [5.41, 5.74) is 1.29. The lowest BCUT2D eigenvalue weighted by Crippen LogP contribution is -1.91. The average Bonchev–Trinajstić information content (AvgIpc) is 2.67. The number of fused-ring (bicyclic) bond motifs is 1. The minimum Gasteiger partial charge on any atom is -0.297 e. The molecule has 18 heavy (non-hydrogen) atoms. The quantitative estimate of drug-likeness (QED) is 0.641. The number of benzene rings is 1. The van der Waals surface area contributed by atoms with E-state index in [9.17, 15) is 4.39 Å². The molecule has 2 heterocycles. The maximum atomic E-state index is 13.8. The van der Waals surface area contributed by atoms with Gasteiger partial charge in [0.15, 0.2) is 0 Å². The van der Waals surface area contributed by atoms with Crippen LogP contribution in [0.5, 0.6) is 0 Å². The van der Waals surface area contributed by atoms with Crippen LogP contribution in [0.15, 0.2) is 47.2 Å². The molecule has 0 aliphatic carbocycles. The van der Waals surface area contributed by atoms with Gasteiger partial charge in [-0.05, 0) is 40.2 Å². The van der Waals surface area contributed by atoms with E-state index in [-0.39, 0.29) is 5.82 Å². The zero-order valence-electron chi connectivity index (χ0n) is 9.07. The molecule has 0 bridgehead atoms. The van der Waals surface area contributed by atoms with E-state index in [2.05, 4.69) is 20.9 Å². The number of rotatable bonds is 1. The Hall–Kier alpha value is -1.39. The molecule has 1 aromatic carbocycles. The number of imidazole rings is 1. The molecule has 0 fully saturated rings. The highest BCUT2D eigenvalue weighted by Crippen LogP contribution is 2.28. The third-order valence-electron chi connectivity index (χ3n) is 2.67. The van der Waals surface area contributed by atoms with Gasteiger partial charge in [0, 0.05) is 6.20 Å². The highest BCUT2D eigenvalue weighted by molar-refractivity contribution is 9.10. The Morgan fingerprint density at radius 2 is 1.94 bits per heavy atom. The number of hydrogen-bond acceptors (Lipinski definition) is 1. The summed E-state index contributed by atoms with van der Waals surface area (Å²) in [6.45, 7) is 0. The van der Waals surface area contributed by atoms with E-state index >= 15 is 0 Å². The lowest BCUT2D eigenvalue weighted by Gasteiger charge is -2.02. The van der Waals surface area contributed by atoms with Crippen molar-refractivity contribution in [3.63, 3.8) is 0 Å². The average molecular weight is 326 g/mol. The van der Waals surface area contributed by atoms with E-state index < -0.39 is 0 Å². The summed E-state index contributed by atoms with van der Waals surface area (Å²) in [5.74, 6) is 0.217. The smallest absolute Gasteiger partial charge is 0.148 e. The first-order valence-corrected chi connectivity index (χ1v) is 6.42. The van der Waals surface area contributed by atoms with Crippen LogP contribution in [0.25, 0.3) is 16.9 Å². The van der Waals surface area contributed by atoms with Gasteiger partial charge < -0.3 is 0 Å². The van der Waals surface area contributed by atoms with Crippen molar-refractivity contribution in [1.82, 2.24) is 9.38 Å². The van der Waals surface area contributed by atoms with Gasteiger partial charge in [-0.1, -0.05) is 23.7 Å². The Balaban J connectivity index is 2.36. The van der Waals surface area contributed by atoms with Crippen LogP contribution in [0.2, 0.25) is 5.02 Å². The number of halogens is 3. The fourth-order valence-corrected chi connectivity index (χ4v) is 2.51. The fourth-order valence-electron chi connectivity index (χ4n) is 1.85. The molecule has 0 atom stereocenters. The summed E-state index contributed by atoms with van der Waals surface area (Å²) in [6, 6.07) is 10.1. The third-order valence-corrected chi connectivity index (χ3v) is 3.48. The molecule has 0 N–H and O–H groups in total. The minimum absolute atomic E-state index is 0.308. The Labute approximate surface area is 116 Å². The van der Waals surface area contributed by atoms with E-state index in [1.807, 2.05) is 6.07 Å². The van der Waals surface area contributed by atoms with Crippen molar-refractivity contribution in [2.75, 3.05) is 0 Å². The molecule has 5 heteroatoms. The molecule has 0 saturated carbocycles. The van der Waals surface area contributed by atoms with Crippen LogP contribution >= 0.6 is 27.5 Å². The van der Waals surface area contributed by atoms with Gasteiger partial charge in [0.25, 0.3) is 0 Å². The van der Waals surface area contributed by atoms with Crippen molar-refractivity contribution in [1.29, 1.82) is 0 Å². The predicted octanol–water partition coefficient (Wildman–Crippen LogP) is 4.56. The zero-order valence-corrected chi connectivity index (χ0v) is 11.4. The number of nitrogens with zero attached hydrogens (tertiary/aromatic N) is 2. The predicted molar refractivity (Wildman–Crippen MR) is 73.3 cm³/mol. The molecule has 0 spiro atoms. The second-order valence-electron chi connectivity index (χ2n) is 3.81. The summed E-state index contributed by atoms with van der Waals surface area (Å²) in [4.78, 5) is 4.34. The normalized spacial score (nSPS) is 11.1. The molecule has 0 radical (unpaired) electrons. The van der Waals surface area contributed by atoms with Crippen molar-refractivity contribution in [2.24, 2.45) is 0 Å². The molecule has 0 aliphatic rings. The van der Waals surface area contributed by atoms with Crippen molar-refractivity contribution in [3.05, 3.63) is 58.0 Å². The molecule has 0 amide bonds. The van der Waals surface area contributed by atoms with Gasteiger partial charge in [0.1, 0.15) is 16.2 Å². The number of hydrogen-bond donors (Lipinski definition) is 0. The summed E-state index contributed by atoms with van der Waals surface area (Å²) in [5, 5.41) is 0.574. The molecule has 3 aromatic rings. The maximum absolute atomic E-state index is 13.8. The second-order valence-corrected chi connectivity index (χ2v) is 5.00. The molecule has 0 unspecified atom stereocenters. The maximum Gasteiger partial charge on any atom is 0.148 e. The van der Waals surface area contributed by atoms with E-state index in [1.165, 1.54) is 6.07 Å². The molecule has 0 aliphatic heterocycles. The molecule has 90 valence electrons. The lowest BCUT2D eigenvalue weighted by atomic mass is 10.2. The van der Waals surface area contributed by atoms with Crippen LogP contribution in [0.3, 0.4) is 0 Å². The Morgan fingerprint density at radius 3 is 2.72 bits per heavy atom. The Kier molecular flexibility index (Phi) is 2.84. The SMILES string of the molecule is Fc1ccccc1-c1nc(Br)c2ccc(Cl)cn12. The van der Waals surface area contributed by atoms with Gasteiger partial charge in [-0.2, -0.15) is 0 Å². The largest absolute Gasteiger partial charge is 0.297 e. The van der Waals surface area contributed by atoms with Crippen molar-refractivity contribution in [2.45, 2.75) is 0 Å². The monoisotopic (exact) mass is 324 g/mol. The van der Waals surface area contributed by atoms with Crippen molar-refractivity contribution in [3.8, 4) is 11.4 Å². The summed E-state index contributed by atoms with van der Waals surface area (Å²) in [6.07, 6.45) is 1.72. The lowest BCUT2D eigenvalue weighted by molar-refractivity contribution is 0.630. The minimum atomic E-state index is -0.308. The topological polar surface area (TPSA) is 17.3 Å².